The van der Waals surface area contributed by atoms with E-state index in [1.165, 1.54) is 12.5 Å². The highest BCUT2D eigenvalue weighted by Crippen LogP contribution is 2.19. The van der Waals surface area contributed by atoms with Crippen molar-refractivity contribution in [1.82, 2.24) is 9.97 Å². The summed E-state index contributed by atoms with van der Waals surface area (Å²) in [5, 5.41) is 8.83. The molecule has 2 aromatic heterocycles. The van der Waals surface area contributed by atoms with E-state index >= 15 is 0 Å². The highest BCUT2D eigenvalue weighted by atomic mass is 16.5. The van der Waals surface area contributed by atoms with Gasteiger partial charge in [0.1, 0.15) is 18.0 Å². The Kier molecular flexibility index (Phi) is 3.57. The number of carbonyl (C=O) groups excluding carboxylic acids is 1. The van der Waals surface area contributed by atoms with E-state index in [1.807, 2.05) is 6.07 Å². The largest absolute Gasteiger partial charge is 0.461 e. The zero-order valence-corrected chi connectivity index (χ0v) is 10.5. The minimum Gasteiger partial charge on any atom is -0.461 e. The second-order valence-corrected chi connectivity index (χ2v) is 3.75. The summed E-state index contributed by atoms with van der Waals surface area (Å²) < 4.78 is 10.0. The normalized spacial score (nSPS) is 9.95. The first-order chi connectivity index (χ1) is 9.15. The van der Waals surface area contributed by atoms with Crippen LogP contribution in [0.5, 0.6) is 0 Å². The summed E-state index contributed by atoms with van der Waals surface area (Å²) in [4.78, 5) is 19.5. The number of pyridine rings is 1. The van der Waals surface area contributed by atoms with Crippen LogP contribution in [-0.4, -0.2) is 22.5 Å². The second-order valence-electron chi connectivity index (χ2n) is 3.75. The molecule has 0 aliphatic rings. The van der Waals surface area contributed by atoms with E-state index < -0.39 is 5.97 Å². The molecule has 0 spiro atoms. The van der Waals surface area contributed by atoms with E-state index in [-0.39, 0.29) is 18.2 Å². The Morgan fingerprint density at radius 2 is 2.37 bits per heavy atom. The van der Waals surface area contributed by atoms with Gasteiger partial charge < -0.3 is 9.15 Å². The summed E-state index contributed by atoms with van der Waals surface area (Å²) in [6.07, 6.45) is 2.67. The third-order valence-corrected chi connectivity index (χ3v) is 2.44. The SMILES string of the molecule is CCOC(=O)c1coc(-c2cc(C)c(C#N)cn2)n1. The number of rotatable bonds is 3. The lowest BCUT2D eigenvalue weighted by atomic mass is 10.1. The van der Waals surface area contributed by atoms with Crippen LogP contribution in [0, 0.1) is 18.3 Å². The van der Waals surface area contributed by atoms with Gasteiger partial charge in [-0.1, -0.05) is 0 Å². The predicted octanol–water partition coefficient (Wildman–Crippen LogP) is 2.09. The van der Waals surface area contributed by atoms with E-state index in [0.717, 1.165) is 5.56 Å². The molecular weight excluding hydrogens is 246 g/mol. The molecule has 2 rings (SSSR count). The van der Waals surface area contributed by atoms with Gasteiger partial charge in [0.25, 0.3) is 0 Å². The van der Waals surface area contributed by atoms with E-state index in [0.29, 0.717) is 11.3 Å². The summed E-state index contributed by atoms with van der Waals surface area (Å²) in [5.74, 6) is -0.321. The van der Waals surface area contributed by atoms with Crippen LogP contribution in [0.3, 0.4) is 0 Å². The zero-order chi connectivity index (χ0) is 13.8. The molecule has 0 saturated heterocycles. The molecule has 0 amide bonds. The summed E-state index contributed by atoms with van der Waals surface area (Å²) in [7, 11) is 0. The fourth-order valence-electron chi connectivity index (χ4n) is 1.48. The lowest BCUT2D eigenvalue weighted by Gasteiger charge is -1.98. The van der Waals surface area contributed by atoms with Crippen LogP contribution in [0.2, 0.25) is 0 Å². The fourth-order valence-corrected chi connectivity index (χ4v) is 1.48. The molecule has 0 saturated carbocycles. The van der Waals surface area contributed by atoms with Crippen molar-refractivity contribution in [2.45, 2.75) is 13.8 Å². The number of ether oxygens (including phenoxy) is 1. The first kappa shape index (κ1) is 12.8. The molecular formula is C13H11N3O3. The third kappa shape index (κ3) is 2.60. The van der Waals surface area contributed by atoms with Crippen LogP contribution < -0.4 is 0 Å². The Morgan fingerprint density at radius 3 is 3.00 bits per heavy atom. The lowest BCUT2D eigenvalue weighted by Crippen LogP contribution is -2.04. The number of carbonyl (C=O) groups is 1. The Morgan fingerprint density at radius 1 is 1.58 bits per heavy atom. The molecule has 0 radical (unpaired) electrons. The van der Waals surface area contributed by atoms with E-state index in [1.54, 1.807) is 19.9 Å². The van der Waals surface area contributed by atoms with Crippen molar-refractivity contribution in [3.8, 4) is 17.7 Å². The number of nitrogens with zero attached hydrogens (tertiary/aromatic N) is 3. The van der Waals surface area contributed by atoms with Gasteiger partial charge in [-0.15, -0.1) is 0 Å². The summed E-state index contributed by atoms with van der Waals surface area (Å²) in [6.45, 7) is 3.78. The average Bonchev–Trinajstić information content (AvgIpc) is 2.88. The van der Waals surface area contributed by atoms with Gasteiger partial charge in [0.2, 0.25) is 5.89 Å². The molecule has 0 unspecified atom stereocenters. The van der Waals surface area contributed by atoms with Crippen LogP contribution in [0.25, 0.3) is 11.6 Å². The molecule has 6 nitrogen and oxygen atoms in total. The maximum atomic E-state index is 11.4. The van der Waals surface area contributed by atoms with Gasteiger partial charge in [0, 0.05) is 6.20 Å². The van der Waals surface area contributed by atoms with Crippen molar-refractivity contribution < 1.29 is 13.9 Å². The van der Waals surface area contributed by atoms with Crippen LogP contribution in [0.4, 0.5) is 0 Å². The van der Waals surface area contributed by atoms with Gasteiger partial charge in [-0.25, -0.2) is 14.8 Å². The van der Waals surface area contributed by atoms with Crippen LogP contribution in [-0.2, 0) is 4.74 Å². The highest BCUT2D eigenvalue weighted by molar-refractivity contribution is 5.87. The molecule has 0 aliphatic carbocycles. The predicted molar refractivity (Wildman–Crippen MR) is 65.1 cm³/mol. The maximum absolute atomic E-state index is 11.4. The van der Waals surface area contributed by atoms with Crippen LogP contribution in [0.1, 0.15) is 28.5 Å². The van der Waals surface area contributed by atoms with Gasteiger partial charge in [-0.05, 0) is 25.5 Å². The van der Waals surface area contributed by atoms with E-state index in [9.17, 15) is 4.79 Å². The van der Waals surface area contributed by atoms with Crippen LogP contribution >= 0.6 is 0 Å². The molecule has 0 bridgehead atoms. The Hall–Kier alpha value is -2.68. The Balaban J connectivity index is 2.31. The average molecular weight is 257 g/mol. The maximum Gasteiger partial charge on any atom is 0.360 e. The molecule has 96 valence electrons. The number of nitriles is 1. The second kappa shape index (κ2) is 5.31. The van der Waals surface area contributed by atoms with Crippen molar-refractivity contribution in [3.63, 3.8) is 0 Å². The number of hydrogen-bond donors (Lipinski definition) is 0. The molecule has 0 aliphatic heterocycles. The molecule has 2 aromatic rings. The highest BCUT2D eigenvalue weighted by Gasteiger charge is 2.15. The van der Waals surface area contributed by atoms with Gasteiger partial charge in [0.15, 0.2) is 5.69 Å². The van der Waals surface area contributed by atoms with E-state index in [4.69, 9.17) is 14.4 Å². The molecule has 2 heterocycles. The molecule has 6 heteroatoms. The Labute approximate surface area is 109 Å². The number of hydrogen-bond acceptors (Lipinski definition) is 6. The van der Waals surface area contributed by atoms with Crippen LogP contribution in [0.15, 0.2) is 22.9 Å². The summed E-state index contributed by atoms with van der Waals surface area (Å²) >= 11 is 0. The van der Waals surface area contributed by atoms with Gasteiger partial charge in [0.05, 0.1) is 12.2 Å². The first-order valence-electron chi connectivity index (χ1n) is 5.65. The van der Waals surface area contributed by atoms with E-state index in [2.05, 4.69) is 9.97 Å². The van der Waals surface area contributed by atoms with Crippen molar-refractivity contribution >= 4 is 5.97 Å². The van der Waals surface area contributed by atoms with Gasteiger partial charge in [-0.3, -0.25) is 0 Å². The molecule has 0 atom stereocenters. The summed E-state index contributed by atoms with van der Waals surface area (Å²) in [5.41, 5.74) is 1.82. The van der Waals surface area contributed by atoms with Crippen molar-refractivity contribution in [2.24, 2.45) is 0 Å². The first-order valence-corrected chi connectivity index (χ1v) is 5.65. The number of aromatic nitrogens is 2. The van der Waals surface area contributed by atoms with Crippen molar-refractivity contribution in [2.75, 3.05) is 6.61 Å². The van der Waals surface area contributed by atoms with Crippen molar-refractivity contribution in [3.05, 3.63) is 35.3 Å². The standard InChI is InChI=1S/C13H11N3O3/c1-3-18-13(17)11-7-19-12(16-11)10-4-8(2)9(5-14)6-15-10/h4,6-7H,3H2,1-2H3. The molecule has 19 heavy (non-hydrogen) atoms. The number of oxazole rings is 1. The minimum absolute atomic E-state index is 0.0978. The lowest BCUT2D eigenvalue weighted by molar-refractivity contribution is 0.0519. The number of esters is 1. The minimum atomic E-state index is -0.539. The van der Waals surface area contributed by atoms with Gasteiger partial charge >= 0.3 is 5.97 Å². The Bertz CT molecular complexity index is 655. The smallest absolute Gasteiger partial charge is 0.360 e. The van der Waals surface area contributed by atoms with Crippen molar-refractivity contribution in [1.29, 1.82) is 5.26 Å². The summed E-state index contributed by atoms with van der Waals surface area (Å²) in [6, 6.07) is 3.71. The zero-order valence-electron chi connectivity index (χ0n) is 10.5. The third-order valence-electron chi connectivity index (χ3n) is 2.44. The topological polar surface area (TPSA) is 89.0 Å². The molecule has 0 fully saturated rings. The van der Waals surface area contributed by atoms with Gasteiger partial charge in [-0.2, -0.15) is 5.26 Å². The fraction of sp³-hybridized carbons (Fsp3) is 0.231. The molecule has 0 N–H and O–H groups in total. The monoisotopic (exact) mass is 257 g/mol. The molecule has 0 aromatic carbocycles. The quantitative estimate of drug-likeness (QED) is 0.782. The number of aryl methyl sites for hydroxylation is 1.